The molecule has 0 aromatic heterocycles. The lowest BCUT2D eigenvalue weighted by Crippen LogP contribution is -2.65. The van der Waals surface area contributed by atoms with Gasteiger partial charge in [-0.05, 0) is 70.6 Å². The quantitative estimate of drug-likeness (QED) is 0.0239. The number of unbranched alkanes of at least 4 members (excludes halogenated alkanes) is 19. The van der Waals surface area contributed by atoms with Crippen LogP contribution in [0.5, 0.6) is 0 Å². The number of allylic oxidation sites excluding steroid dienone is 7. The molecule has 0 aromatic carbocycles. The maximum absolute atomic E-state index is 13.2. The molecule has 12 atom stereocenters. The minimum absolute atomic E-state index is 0.261. The molecule has 1 amide bonds. The Balaban J connectivity index is 1.87. The predicted molar refractivity (Wildman–Crippen MR) is 254 cm³/mol. The van der Waals surface area contributed by atoms with E-state index in [4.69, 9.17) is 18.9 Å². The Hall–Kier alpha value is -2.05. The molecule has 0 saturated carbocycles. The lowest BCUT2D eigenvalue weighted by Gasteiger charge is -2.46. The van der Waals surface area contributed by atoms with Crippen molar-refractivity contribution in [3.63, 3.8) is 0 Å². The van der Waals surface area contributed by atoms with E-state index in [0.717, 1.165) is 51.4 Å². The van der Waals surface area contributed by atoms with E-state index in [9.17, 15) is 45.6 Å². The van der Waals surface area contributed by atoms with Crippen LogP contribution in [-0.4, -0.2) is 140 Å². The average molecular weight is 926 g/mol. The van der Waals surface area contributed by atoms with Crippen molar-refractivity contribution in [1.82, 2.24) is 5.32 Å². The van der Waals surface area contributed by atoms with Gasteiger partial charge in [0.15, 0.2) is 12.6 Å². The highest BCUT2D eigenvalue weighted by Gasteiger charge is 2.51. The van der Waals surface area contributed by atoms with E-state index in [1.54, 1.807) is 6.08 Å². The summed E-state index contributed by atoms with van der Waals surface area (Å²) >= 11 is 0. The van der Waals surface area contributed by atoms with Crippen molar-refractivity contribution in [1.29, 1.82) is 0 Å². The molecule has 14 nitrogen and oxygen atoms in total. The number of carbonyl (C=O) groups excluding carboxylic acids is 1. The third-order valence-corrected chi connectivity index (χ3v) is 12.2. The average Bonchev–Trinajstić information content (AvgIpc) is 3.30. The van der Waals surface area contributed by atoms with E-state index in [1.807, 2.05) is 6.08 Å². The van der Waals surface area contributed by atoms with Crippen LogP contribution in [-0.2, 0) is 23.7 Å². The van der Waals surface area contributed by atoms with Gasteiger partial charge in [0.2, 0.25) is 5.91 Å². The highest BCUT2D eigenvalue weighted by molar-refractivity contribution is 5.76. The largest absolute Gasteiger partial charge is 0.394 e. The first kappa shape index (κ1) is 59.1. The van der Waals surface area contributed by atoms with Gasteiger partial charge < -0.3 is 65.1 Å². The van der Waals surface area contributed by atoms with Crippen LogP contribution in [0.2, 0.25) is 0 Å². The Morgan fingerprint density at radius 3 is 1.52 bits per heavy atom. The topological polar surface area (TPSA) is 228 Å². The first-order valence-electron chi connectivity index (χ1n) is 25.4. The molecular weight excluding hydrogens is 835 g/mol. The molecule has 12 unspecified atom stereocenters. The number of aliphatic hydroxyl groups is 8. The van der Waals surface area contributed by atoms with Gasteiger partial charge in [-0.1, -0.05) is 146 Å². The molecule has 2 fully saturated rings. The first-order valence-corrected chi connectivity index (χ1v) is 25.4. The third kappa shape index (κ3) is 25.2. The van der Waals surface area contributed by atoms with Crippen LogP contribution >= 0.6 is 0 Å². The van der Waals surface area contributed by atoms with Crippen molar-refractivity contribution in [2.24, 2.45) is 0 Å². The van der Waals surface area contributed by atoms with E-state index in [0.29, 0.717) is 12.8 Å². The fourth-order valence-corrected chi connectivity index (χ4v) is 8.02. The van der Waals surface area contributed by atoms with Crippen molar-refractivity contribution in [3.8, 4) is 0 Å². The Morgan fingerprint density at radius 1 is 0.538 bits per heavy atom. The summed E-state index contributed by atoms with van der Waals surface area (Å²) in [6.07, 6.45) is 27.2. The molecule has 378 valence electrons. The van der Waals surface area contributed by atoms with E-state index in [-0.39, 0.29) is 18.9 Å². The SMILES string of the molecule is CCCCCC/C=C/CC/C=C/CC/C=C/C(O)C(COC1OC(CO)C(OC2OC(CO)C(O)C(O)C2O)C(O)C1O)NC(=O)CCCCCCCCC/C=C\CCCCCCCC. The number of nitrogens with one attached hydrogen (secondary N) is 1. The number of rotatable bonds is 38. The molecule has 9 N–H and O–H groups in total. The zero-order valence-corrected chi connectivity index (χ0v) is 40.0. The lowest BCUT2D eigenvalue weighted by atomic mass is 9.97. The Kier molecular flexibility index (Phi) is 34.4. The zero-order valence-electron chi connectivity index (χ0n) is 40.0. The van der Waals surface area contributed by atoms with E-state index in [1.165, 1.54) is 89.9 Å². The third-order valence-electron chi connectivity index (χ3n) is 12.2. The van der Waals surface area contributed by atoms with Crippen LogP contribution in [0, 0.1) is 0 Å². The summed E-state index contributed by atoms with van der Waals surface area (Å²) in [5.74, 6) is -0.261. The molecule has 0 aromatic rings. The lowest BCUT2D eigenvalue weighted by molar-refractivity contribution is -0.359. The van der Waals surface area contributed by atoms with Crippen LogP contribution < -0.4 is 5.32 Å². The second kappa shape index (κ2) is 37.9. The van der Waals surface area contributed by atoms with Crippen molar-refractivity contribution in [2.75, 3.05) is 19.8 Å². The molecule has 2 aliphatic rings. The maximum atomic E-state index is 13.2. The maximum Gasteiger partial charge on any atom is 0.220 e. The minimum atomic E-state index is -1.79. The first-order chi connectivity index (χ1) is 31.6. The highest BCUT2D eigenvalue weighted by Crippen LogP contribution is 2.30. The molecule has 2 saturated heterocycles. The standard InChI is InChI=1S/C51H91NO13/c1-3-5-7-9-11-13-15-17-19-20-21-23-25-27-29-31-33-35-43(56)52-39(40(55)34-32-30-28-26-24-22-18-16-14-12-10-8-6-4-2)38-62-50-48(61)46(59)49(42(37-54)64-50)65-51-47(60)45(58)44(57)41(36-53)63-51/h14,16-17,19,24,26,32,34,39-42,44-51,53-55,57-61H,3-13,15,18,20-23,25,27-31,33,35-38H2,1-2H3,(H,52,56)/b16-14+,19-17-,26-24+,34-32+. The summed E-state index contributed by atoms with van der Waals surface area (Å²) in [5.41, 5.74) is 0. The summed E-state index contributed by atoms with van der Waals surface area (Å²) in [6.45, 7) is 2.71. The molecule has 0 spiro atoms. The van der Waals surface area contributed by atoms with Gasteiger partial charge in [-0.2, -0.15) is 0 Å². The van der Waals surface area contributed by atoms with E-state index >= 15 is 0 Å². The van der Waals surface area contributed by atoms with Gasteiger partial charge >= 0.3 is 0 Å². The van der Waals surface area contributed by atoms with Gasteiger partial charge in [-0.15, -0.1) is 0 Å². The van der Waals surface area contributed by atoms with Crippen LogP contribution in [0.15, 0.2) is 48.6 Å². The number of hydrogen-bond acceptors (Lipinski definition) is 13. The Labute approximate surface area is 391 Å². The molecule has 0 aliphatic carbocycles. The minimum Gasteiger partial charge on any atom is -0.394 e. The second-order valence-corrected chi connectivity index (χ2v) is 17.9. The number of carbonyl (C=O) groups is 1. The summed E-state index contributed by atoms with van der Waals surface area (Å²) in [5, 5.41) is 86.6. The molecule has 0 bridgehead atoms. The van der Waals surface area contributed by atoms with Crippen LogP contribution in [0.25, 0.3) is 0 Å². The van der Waals surface area contributed by atoms with Crippen LogP contribution in [0.3, 0.4) is 0 Å². The predicted octanol–water partition coefficient (Wildman–Crippen LogP) is 6.49. The summed E-state index contributed by atoms with van der Waals surface area (Å²) in [4.78, 5) is 13.2. The van der Waals surface area contributed by atoms with Gasteiger partial charge in [0, 0.05) is 6.42 Å². The van der Waals surface area contributed by atoms with Gasteiger partial charge in [0.25, 0.3) is 0 Å². The van der Waals surface area contributed by atoms with Gasteiger partial charge in [0.1, 0.15) is 48.8 Å². The normalized spacial score (nSPS) is 27.4. The van der Waals surface area contributed by atoms with E-state index in [2.05, 4.69) is 55.6 Å². The molecule has 0 radical (unpaired) electrons. The summed E-state index contributed by atoms with van der Waals surface area (Å²) in [6, 6.07) is -0.938. The van der Waals surface area contributed by atoms with Gasteiger partial charge in [-0.25, -0.2) is 0 Å². The smallest absolute Gasteiger partial charge is 0.220 e. The van der Waals surface area contributed by atoms with Crippen molar-refractivity contribution < 1.29 is 64.6 Å². The van der Waals surface area contributed by atoms with Gasteiger partial charge in [-0.3, -0.25) is 4.79 Å². The Morgan fingerprint density at radius 2 is 0.985 bits per heavy atom. The summed E-state index contributed by atoms with van der Waals surface area (Å²) in [7, 11) is 0. The van der Waals surface area contributed by atoms with Crippen molar-refractivity contribution >= 4 is 5.91 Å². The highest BCUT2D eigenvalue weighted by atomic mass is 16.7. The number of amides is 1. The number of ether oxygens (including phenoxy) is 4. The molecule has 2 aliphatic heterocycles. The zero-order chi connectivity index (χ0) is 47.5. The summed E-state index contributed by atoms with van der Waals surface area (Å²) < 4.78 is 22.6. The van der Waals surface area contributed by atoms with Crippen LogP contribution in [0.1, 0.15) is 174 Å². The molecule has 2 heterocycles. The van der Waals surface area contributed by atoms with Crippen molar-refractivity contribution in [2.45, 2.75) is 248 Å². The molecular formula is C51H91NO13. The van der Waals surface area contributed by atoms with Crippen LogP contribution in [0.4, 0.5) is 0 Å². The molecule has 65 heavy (non-hydrogen) atoms. The van der Waals surface area contributed by atoms with E-state index < -0.39 is 86.8 Å². The monoisotopic (exact) mass is 926 g/mol. The van der Waals surface area contributed by atoms with Crippen molar-refractivity contribution in [3.05, 3.63) is 48.6 Å². The fourth-order valence-electron chi connectivity index (χ4n) is 8.02. The number of hydrogen-bond donors (Lipinski definition) is 9. The Bertz CT molecular complexity index is 1280. The molecule has 14 heteroatoms. The number of aliphatic hydroxyl groups excluding tert-OH is 8. The molecule has 2 rings (SSSR count). The van der Waals surface area contributed by atoms with Gasteiger partial charge in [0.05, 0.1) is 32.0 Å². The fraction of sp³-hybridized carbons (Fsp3) is 0.824. The second-order valence-electron chi connectivity index (χ2n) is 17.9.